The Morgan fingerprint density at radius 2 is 2.38 bits per heavy atom. The standard InChI is InChI=1S/C7H6N4O2/c8-6(12)4-3-9-5-1-2-10-11(5)7(4)13/h1-3,10H,(H2,8,12). The molecule has 0 saturated heterocycles. The van der Waals surface area contributed by atoms with Gasteiger partial charge in [-0.3, -0.25) is 14.7 Å². The predicted molar refractivity (Wildman–Crippen MR) is 44.3 cm³/mol. The summed E-state index contributed by atoms with van der Waals surface area (Å²) in [5.74, 6) is -0.776. The Morgan fingerprint density at radius 1 is 1.62 bits per heavy atom. The number of nitrogens with two attached hydrogens (primary N) is 1. The number of nitrogens with one attached hydrogen (secondary N) is 1. The van der Waals surface area contributed by atoms with Gasteiger partial charge in [0.2, 0.25) is 0 Å². The van der Waals surface area contributed by atoms with Crippen LogP contribution in [0.25, 0.3) is 5.65 Å². The average molecular weight is 178 g/mol. The van der Waals surface area contributed by atoms with Crippen molar-refractivity contribution in [3.05, 3.63) is 34.4 Å². The quantitative estimate of drug-likeness (QED) is 0.593. The summed E-state index contributed by atoms with van der Waals surface area (Å²) in [5.41, 5.74) is 4.81. The number of H-pyrrole nitrogens is 1. The van der Waals surface area contributed by atoms with E-state index in [1.54, 1.807) is 12.3 Å². The molecule has 6 nitrogen and oxygen atoms in total. The van der Waals surface area contributed by atoms with Gasteiger partial charge in [-0.05, 0) is 0 Å². The molecule has 3 N–H and O–H groups in total. The first-order valence-corrected chi connectivity index (χ1v) is 3.55. The topological polar surface area (TPSA) is 93.2 Å². The van der Waals surface area contributed by atoms with Crippen molar-refractivity contribution in [1.82, 2.24) is 14.6 Å². The molecule has 0 radical (unpaired) electrons. The monoisotopic (exact) mass is 178 g/mol. The number of aromatic nitrogens is 3. The van der Waals surface area contributed by atoms with Crippen molar-refractivity contribution >= 4 is 11.6 Å². The van der Waals surface area contributed by atoms with Gasteiger partial charge in [-0.2, -0.15) is 0 Å². The summed E-state index contributed by atoms with van der Waals surface area (Å²) in [6.45, 7) is 0. The third-order valence-corrected chi connectivity index (χ3v) is 1.69. The first kappa shape index (κ1) is 7.53. The van der Waals surface area contributed by atoms with Gasteiger partial charge >= 0.3 is 0 Å². The average Bonchev–Trinajstić information content (AvgIpc) is 2.52. The number of carbonyl (C=O) groups excluding carboxylic acids is 1. The van der Waals surface area contributed by atoms with Gasteiger partial charge in [-0.15, -0.1) is 0 Å². The number of nitrogens with zero attached hydrogens (tertiary/aromatic N) is 2. The van der Waals surface area contributed by atoms with Gasteiger partial charge in [0.05, 0.1) is 0 Å². The SMILES string of the molecule is NC(=O)c1cnc2cc[nH]n2c1=O. The van der Waals surface area contributed by atoms with E-state index in [-0.39, 0.29) is 5.56 Å². The smallest absolute Gasteiger partial charge is 0.285 e. The van der Waals surface area contributed by atoms with Crippen molar-refractivity contribution < 1.29 is 4.79 Å². The summed E-state index contributed by atoms with van der Waals surface area (Å²) in [5, 5.41) is 2.62. The molecule has 0 atom stereocenters. The van der Waals surface area contributed by atoms with E-state index in [1.165, 1.54) is 6.20 Å². The van der Waals surface area contributed by atoms with Crippen LogP contribution >= 0.6 is 0 Å². The fourth-order valence-electron chi connectivity index (χ4n) is 1.07. The third-order valence-electron chi connectivity index (χ3n) is 1.69. The molecule has 2 aromatic heterocycles. The lowest BCUT2D eigenvalue weighted by Crippen LogP contribution is -2.27. The van der Waals surface area contributed by atoms with Gasteiger partial charge in [0.15, 0.2) is 5.65 Å². The van der Waals surface area contributed by atoms with Crippen LogP contribution in [0.15, 0.2) is 23.3 Å². The molecule has 0 aliphatic carbocycles. The van der Waals surface area contributed by atoms with E-state index >= 15 is 0 Å². The second kappa shape index (κ2) is 2.44. The maximum atomic E-state index is 11.4. The molecular weight excluding hydrogens is 172 g/mol. The molecule has 1 amide bonds. The molecule has 0 spiro atoms. The molecule has 0 bridgehead atoms. The molecule has 2 rings (SSSR count). The number of primary amides is 1. The summed E-state index contributed by atoms with van der Waals surface area (Å²) < 4.78 is 1.15. The highest BCUT2D eigenvalue weighted by Gasteiger charge is 2.09. The Bertz CT molecular complexity index is 525. The Hall–Kier alpha value is -2.11. The molecule has 66 valence electrons. The minimum Gasteiger partial charge on any atom is -0.365 e. The second-order valence-corrected chi connectivity index (χ2v) is 2.50. The molecule has 6 heteroatoms. The highest BCUT2D eigenvalue weighted by Crippen LogP contribution is 1.94. The van der Waals surface area contributed by atoms with Crippen LogP contribution in [0.2, 0.25) is 0 Å². The third kappa shape index (κ3) is 0.994. The van der Waals surface area contributed by atoms with Crippen LogP contribution < -0.4 is 11.3 Å². The van der Waals surface area contributed by atoms with Crippen LogP contribution in [-0.2, 0) is 0 Å². The number of hydrogen-bond acceptors (Lipinski definition) is 3. The minimum absolute atomic E-state index is 0.125. The first-order chi connectivity index (χ1) is 6.20. The normalized spacial score (nSPS) is 10.5. The van der Waals surface area contributed by atoms with E-state index < -0.39 is 11.5 Å². The summed E-state index contributed by atoms with van der Waals surface area (Å²) in [6.07, 6.45) is 2.72. The van der Waals surface area contributed by atoms with E-state index in [0.29, 0.717) is 5.65 Å². The Kier molecular flexibility index (Phi) is 1.42. The minimum atomic E-state index is -0.776. The van der Waals surface area contributed by atoms with Crippen LogP contribution in [0.4, 0.5) is 0 Å². The van der Waals surface area contributed by atoms with Gasteiger partial charge in [-0.1, -0.05) is 0 Å². The van der Waals surface area contributed by atoms with Crippen LogP contribution in [0.3, 0.4) is 0 Å². The molecule has 13 heavy (non-hydrogen) atoms. The maximum absolute atomic E-state index is 11.4. The highest BCUT2D eigenvalue weighted by atomic mass is 16.2. The molecule has 0 aliphatic heterocycles. The maximum Gasteiger partial charge on any atom is 0.285 e. The number of carbonyl (C=O) groups is 1. The Labute approximate surface area is 72.0 Å². The lowest BCUT2D eigenvalue weighted by Gasteiger charge is -1.94. The van der Waals surface area contributed by atoms with Gasteiger partial charge in [0.25, 0.3) is 11.5 Å². The lowest BCUT2D eigenvalue weighted by atomic mass is 10.3. The van der Waals surface area contributed by atoms with Crippen molar-refractivity contribution in [2.45, 2.75) is 0 Å². The van der Waals surface area contributed by atoms with Crippen LogP contribution in [0.1, 0.15) is 10.4 Å². The Morgan fingerprint density at radius 3 is 3.08 bits per heavy atom. The molecule has 0 unspecified atom stereocenters. The molecule has 2 heterocycles. The zero-order valence-electron chi connectivity index (χ0n) is 6.52. The van der Waals surface area contributed by atoms with Crippen molar-refractivity contribution in [3.63, 3.8) is 0 Å². The molecule has 0 aliphatic rings. The molecule has 0 saturated carbocycles. The number of fused-ring (bicyclic) bond motifs is 1. The number of hydrogen-bond donors (Lipinski definition) is 2. The van der Waals surface area contributed by atoms with Gasteiger partial charge < -0.3 is 5.73 Å². The van der Waals surface area contributed by atoms with E-state index in [0.717, 1.165) is 4.52 Å². The molecule has 2 aromatic rings. The van der Waals surface area contributed by atoms with Gasteiger partial charge in [0, 0.05) is 18.5 Å². The largest absolute Gasteiger partial charge is 0.365 e. The zero-order chi connectivity index (χ0) is 9.42. The van der Waals surface area contributed by atoms with Crippen molar-refractivity contribution in [2.75, 3.05) is 0 Å². The lowest BCUT2D eigenvalue weighted by molar-refractivity contribution is 0.0998. The highest BCUT2D eigenvalue weighted by molar-refractivity contribution is 5.92. The zero-order valence-corrected chi connectivity index (χ0v) is 6.52. The van der Waals surface area contributed by atoms with Crippen molar-refractivity contribution in [1.29, 1.82) is 0 Å². The van der Waals surface area contributed by atoms with E-state index in [4.69, 9.17) is 5.73 Å². The summed E-state index contributed by atoms with van der Waals surface area (Å²) in [7, 11) is 0. The fraction of sp³-hybridized carbons (Fsp3) is 0. The van der Waals surface area contributed by atoms with Crippen molar-refractivity contribution in [2.24, 2.45) is 5.73 Å². The van der Waals surface area contributed by atoms with Crippen molar-refractivity contribution in [3.8, 4) is 0 Å². The number of amides is 1. The van der Waals surface area contributed by atoms with E-state index in [1.807, 2.05) is 0 Å². The summed E-state index contributed by atoms with van der Waals surface area (Å²) in [6, 6.07) is 1.62. The summed E-state index contributed by atoms with van der Waals surface area (Å²) in [4.78, 5) is 26.0. The van der Waals surface area contributed by atoms with Crippen LogP contribution in [0.5, 0.6) is 0 Å². The second-order valence-electron chi connectivity index (χ2n) is 2.50. The van der Waals surface area contributed by atoms with Crippen LogP contribution in [0, 0.1) is 0 Å². The fourth-order valence-corrected chi connectivity index (χ4v) is 1.07. The predicted octanol–water partition coefficient (Wildman–Crippen LogP) is -0.879. The first-order valence-electron chi connectivity index (χ1n) is 3.55. The van der Waals surface area contributed by atoms with Gasteiger partial charge in [-0.25, -0.2) is 9.50 Å². The molecule has 0 aromatic carbocycles. The Balaban J connectivity index is 2.89. The molecule has 0 fully saturated rings. The van der Waals surface area contributed by atoms with E-state index in [2.05, 4.69) is 10.1 Å². The van der Waals surface area contributed by atoms with Crippen LogP contribution in [-0.4, -0.2) is 20.5 Å². The van der Waals surface area contributed by atoms with Gasteiger partial charge in [0.1, 0.15) is 5.56 Å². The summed E-state index contributed by atoms with van der Waals surface area (Å²) >= 11 is 0. The number of aromatic amines is 1. The molecular formula is C7H6N4O2. The number of rotatable bonds is 1. The van der Waals surface area contributed by atoms with E-state index in [9.17, 15) is 9.59 Å².